The minimum atomic E-state index is -0.0703. The van der Waals surface area contributed by atoms with E-state index < -0.39 is 0 Å². The molecule has 9 aromatic heterocycles. The number of piperazine rings is 2. The van der Waals surface area contributed by atoms with Crippen molar-refractivity contribution in [2.75, 3.05) is 103 Å². The van der Waals surface area contributed by atoms with Gasteiger partial charge in [-0.15, -0.1) is 0 Å². The van der Waals surface area contributed by atoms with E-state index in [9.17, 15) is 14.4 Å². The van der Waals surface area contributed by atoms with Crippen LogP contribution in [0.3, 0.4) is 0 Å². The summed E-state index contributed by atoms with van der Waals surface area (Å²) in [6.07, 6.45) is 21.1. The molecule has 15 heterocycles. The van der Waals surface area contributed by atoms with Gasteiger partial charge in [0.15, 0.2) is 0 Å². The third-order valence-electron chi connectivity index (χ3n) is 20.8. The molecule has 18 rings (SSSR count). The van der Waals surface area contributed by atoms with Crippen LogP contribution in [0.4, 0.5) is 51.6 Å². The van der Waals surface area contributed by atoms with E-state index in [4.69, 9.17) is 0 Å². The Labute approximate surface area is 591 Å². The Balaban J connectivity index is 0.000000118. The highest BCUT2D eigenvalue weighted by atomic mass is 16.2. The Morgan fingerprint density at radius 3 is 1.33 bits per heavy atom. The van der Waals surface area contributed by atoms with Gasteiger partial charge in [0.1, 0.15) is 23.1 Å². The number of aromatic nitrogens is 9. The zero-order chi connectivity index (χ0) is 69.5. The lowest BCUT2D eigenvalue weighted by atomic mass is 9.94. The number of fused-ring (bicyclic) bond motifs is 6. The van der Waals surface area contributed by atoms with Crippen LogP contribution in [-0.2, 0) is 26.7 Å². The average Bonchev–Trinajstić information content (AvgIpc) is 1.59. The highest BCUT2D eigenvalue weighted by molar-refractivity contribution is 6.09. The minimum Gasteiger partial charge on any atom is -0.370 e. The summed E-state index contributed by atoms with van der Waals surface area (Å²) in [6.45, 7) is 18.1. The first-order chi connectivity index (χ1) is 49.9. The van der Waals surface area contributed by atoms with Crippen molar-refractivity contribution in [2.45, 2.75) is 59.7 Å². The SMILES string of the molecule is CCC1CCN(c2ccc(Nc3ccc(-c4ccnc5c4ccn5C)c4c3C(=O)NC4)nc2)CC1.Cc1ccc2c(-c3ccc(Nc4ccc(N5CCN(C)CC5)cn4)c4c3CNC4=O)cnn2c1.Cc1ccc2c(-c3ccc(Nc4ccc(N5CCNCC5)cn4)c4c3CNC4=O)cnn2c1. The second kappa shape index (κ2) is 27.8. The predicted octanol–water partition coefficient (Wildman–Crippen LogP) is 11.8. The van der Waals surface area contributed by atoms with Crippen LogP contribution in [0.1, 0.15) is 85.1 Å². The van der Waals surface area contributed by atoms with E-state index in [1.54, 1.807) is 0 Å². The van der Waals surface area contributed by atoms with Crippen LogP contribution in [0.2, 0.25) is 0 Å². The van der Waals surface area contributed by atoms with Gasteiger partial charge in [0.05, 0.1) is 92.8 Å². The number of aryl methyl sites for hydroxylation is 3. The number of hydrogen-bond donors (Lipinski definition) is 7. The molecule has 3 aromatic carbocycles. The van der Waals surface area contributed by atoms with Gasteiger partial charge < -0.3 is 61.4 Å². The van der Waals surface area contributed by atoms with Gasteiger partial charge >= 0.3 is 0 Å². The summed E-state index contributed by atoms with van der Waals surface area (Å²) in [4.78, 5) is 66.2. The monoisotopic (exact) mass is 1360 g/mol. The number of nitrogens with zero attached hydrogens (tertiary/aromatic N) is 13. The van der Waals surface area contributed by atoms with E-state index >= 15 is 0 Å². The molecule has 0 aliphatic carbocycles. The van der Waals surface area contributed by atoms with Crippen LogP contribution in [0.5, 0.6) is 0 Å². The molecule has 23 nitrogen and oxygen atoms in total. The number of carbonyl (C=O) groups is 3. The van der Waals surface area contributed by atoms with Crippen molar-refractivity contribution in [3.05, 3.63) is 209 Å². The standard InChI is InChI=1S/C28H30N6O.C26H27N7O.C25H25N7O/c1-3-18-9-14-34(15-10-18)19-4-7-25(30-16-19)32-24-6-5-20(23-17-31-28(35)26(23)24)21-8-12-29-27-22(21)11-13-33(27)2;1-17-3-7-23-20(15-29-33(23)16-17)19-5-6-22(25-21(19)14-28-26(25)34)30-24-8-4-18(13-27-24)32-11-9-31(2)10-12-32;1-16-2-6-22-19(14-29-32(22)15-16)18-4-5-21(24-20(18)13-28-25(24)33)30-23-7-3-17(12-27-23)31-10-8-26-9-11-31/h4-8,11-13,16,18H,3,9-10,14-15,17H2,1-2H3,(H,30,32)(H,31,35);3-8,13,15-16H,9-12,14H2,1-2H3,(H,27,30)(H,28,34);2-7,12,14-15,26H,8-11,13H2,1H3,(H,27,30)(H,28,33). The molecule has 516 valence electrons. The molecule has 102 heavy (non-hydrogen) atoms. The third kappa shape index (κ3) is 12.8. The Morgan fingerprint density at radius 1 is 0.451 bits per heavy atom. The lowest BCUT2D eigenvalue weighted by Crippen LogP contribution is -2.44. The summed E-state index contributed by atoms with van der Waals surface area (Å²) >= 11 is 0. The molecule has 0 spiro atoms. The summed E-state index contributed by atoms with van der Waals surface area (Å²) in [5.74, 6) is 2.83. The first kappa shape index (κ1) is 65.0. The summed E-state index contributed by atoms with van der Waals surface area (Å²) in [5, 5.41) is 32.6. The van der Waals surface area contributed by atoms with Gasteiger partial charge in [0.25, 0.3) is 17.7 Å². The average molecular weight is 1360 g/mol. The van der Waals surface area contributed by atoms with E-state index in [2.05, 4.69) is 168 Å². The highest BCUT2D eigenvalue weighted by Gasteiger charge is 2.31. The number of anilines is 9. The van der Waals surface area contributed by atoms with Crippen LogP contribution in [0.15, 0.2) is 165 Å². The van der Waals surface area contributed by atoms with E-state index in [-0.39, 0.29) is 17.7 Å². The van der Waals surface area contributed by atoms with Gasteiger partial charge in [-0.25, -0.2) is 29.0 Å². The lowest BCUT2D eigenvalue weighted by molar-refractivity contribution is 0.0958. The number of pyridine rings is 6. The van der Waals surface area contributed by atoms with Crippen LogP contribution in [0, 0.1) is 19.8 Å². The van der Waals surface area contributed by atoms with Crippen LogP contribution < -0.4 is 51.9 Å². The topological polar surface area (TPSA) is 239 Å². The number of hydrogen-bond acceptors (Lipinski definition) is 17. The second-order valence-electron chi connectivity index (χ2n) is 27.2. The summed E-state index contributed by atoms with van der Waals surface area (Å²) in [5.41, 5.74) is 22.2. The van der Waals surface area contributed by atoms with Crippen molar-refractivity contribution in [3.8, 4) is 33.4 Å². The number of amides is 3. The van der Waals surface area contributed by atoms with Gasteiger partial charge in [0, 0.05) is 133 Å². The smallest absolute Gasteiger partial charge is 0.254 e. The molecule has 7 N–H and O–H groups in total. The Morgan fingerprint density at radius 2 is 0.892 bits per heavy atom. The number of benzene rings is 3. The fourth-order valence-corrected chi connectivity index (χ4v) is 15.0. The normalized spacial score (nSPS) is 15.9. The first-order valence-corrected chi connectivity index (χ1v) is 35.3. The molecular formula is C79H82N20O3. The van der Waals surface area contributed by atoms with E-state index in [0.717, 1.165) is 206 Å². The van der Waals surface area contributed by atoms with Crippen molar-refractivity contribution in [1.82, 2.24) is 69.9 Å². The van der Waals surface area contributed by atoms with Gasteiger partial charge in [-0.3, -0.25) is 14.4 Å². The Bertz CT molecular complexity index is 5160. The number of piperidine rings is 1. The predicted molar refractivity (Wildman–Crippen MR) is 403 cm³/mol. The molecule has 12 aromatic rings. The van der Waals surface area contributed by atoms with Crippen LogP contribution in [-0.4, -0.2) is 139 Å². The molecule has 3 saturated heterocycles. The third-order valence-corrected chi connectivity index (χ3v) is 20.8. The van der Waals surface area contributed by atoms with E-state index in [1.807, 2.05) is 133 Å². The molecular weight excluding hydrogens is 1280 g/mol. The molecule has 6 aliphatic heterocycles. The second-order valence-corrected chi connectivity index (χ2v) is 27.2. The van der Waals surface area contributed by atoms with Crippen molar-refractivity contribution >= 4 is 91.4 Å². The molecule has 0 radical (unpaired) electrons. The fourth-order valence-electron chi connectivity index (χ4n) is 15.0. The largest absolute Gasteiger partial charge is 0.370 e. The van der Waals surface area contributed by atoms with E-state index in [1.165, 1.54) is 19.3 Å². The van der Waals surface area contributed by atoms with Crippen molar-refractivity contribution in [1.29, 1.82) is 0 Å². The first-order valence-electron chi connectivity index (χ1n) is 35.3. The van der Waals surface area contributed by atoms with Crippen molar-refractivity contribution < 1.29 is 14.4 Å². The maximum absolute atomic E-state index is 12.8. The minimum absolute atomic E-state index is 0.0573. The van der Waals surface area contributed by atoms with Gasteiger partial charge in [-0.05, 0) is 169 Å². The Kier molecular flexibility index (Phi) is 17.7. The van der Waals surface area contributed by atoms with Crippen molar-refractivity contribution in [2.24, 2.45) is 13.0 Å². The van der Waals surface area contributed by atoms with Crippen LogP contribution >= 0.6 is 0 Å². The molecule has 0 atom stereocenters. The van der Waals surface area contributed by atoms with Gasteiger partial charge in [-0.1, -0.05) is 43.7 Å². The molecule has 0 bridgehead atoms. The molecule has 6 aliphatic rings. The van der Waals surface area contributed by atoms with E-state index in [0.29, 0.717) is 36.3 Å². The quantitative estimate of drug-likeness (QED) is 0.0568. The van der Waals surface area contributed by atoms with Gasteiger partial charge in [-0.2, -0.15) is 10.2 Å². The number of nitrogens with one attached hydrogen (secondary N) is 7. The summed E-state index contributed by atoms with van der Waals surface area (Å²) in [7, 11) is 4.14. The fraction of sp³-hybridized carbons (Fsp3) is 0.278. The maximum Gasteiger partial charge on any atom is 0.254 e. The molecule has 0 saturated carbocycles. The van der Waals surface area contributed by atoms with Gasteiger partial charge in [0.2, 0.25) is 0 Å². The number of likely N-dealkylation sites (N-methyl/N-ethyl adjacent to an activating group) is 1. The zero-order valence-corrected chi connectivity index (χ0v) is 58.0. The summed E-state index contributed by atoms with van der Waals surface area (Å²) in [6, 6.07) is 36.8. The number of carbonyl (C=O) groups excluding carboxylic acids is 3. The maximum atomic E-state index is 12.8. The lowest BCUT2D eigenvalue weighted by Gasteiger charge is -2.33. The van der Waals surface area contributed by atoms with Crippen LogP contribution in [0.25, 0.3) is 55.4 Å². The Hall–Kier alpha value is -11.7. The molecule has 3 fully saturated rings. The molecule has 3 amide bonds. The number of rotatable bonds is 13. The molecule has 23 heteroatoms. The summed E-state index contributed by atoms with van der Waals surface area (Å²) < 4.78 is 5.79. The zero-order valence-electron chi connectivity index (χ0n) is 58.0. The molecule has 0 unspecified atom stereocenters. The van der Waals surface area contributed by atoms with Crippen molar-refractivity contribution in [3.63, 3.8) is 0 Å². The highest BCUT2D eigenvalue weighted by Crippen LogP contribution is 2.41.